The van der Waals surface area contributed by atoms with Crippen LogP contribution in [0.2, 0.25) is 0 Å². The van der Waals surface area contributed by atoms with Crippen molar-refractivity contribution in [3.05, 3.63) is 68.5 Å². The summed E-state index contributed by atoms with van der Waals surface area (Å²) in [5.74, 6) is 0.234. The van der Waals surface area contributed by atoms with Crippen LogP contribution in [0.15, 0.2) is 40.9 Å². The number of thiazole rings is 1. The van der Waals surface area contributed by atoms with Crippen molar-refractivity contribution in [2.75, 3.05) is 18.0 Å². The van der Waals surface area contributed by atoms with Crippen molar-refractivity contribution in [3.63, 3.8) is 0 Å². The number of carbonyl (C=O) groups is 2. The lowest BCUT2D eigenvalue weighted by Crippen LogP contribution is -2.34. The normalized spacial score (nSPS) is 17.6. The van der Waals surface area contributed by atoms with Crippen LogP contribution in [0.4, 0.5) is 15.1 Å². The van der Waals surface area contributed by atoms with E-state index in [-0.39, 0.29) is 17.3 Å². The summed E-state index contributed by atoms with van der Waals surface area (Å²) in [5.41, 5.74) is 2.37. The molecule has 0 saturated carbocycles. The smallest absolute Gasteiger partial charge is 0.290 e. The Kier molecular flexibility index (Phi) is 7.28. The fourth-order valence-corrected chi connectivity index (χ4v) is 5.70. The van der Waals surface area contributed by atoms with E-state index >= 15 is 0 Å². The van der Waals surface area contributed by atoms with Crippen LogP contribution in [0.1, 0.15) is 47.5 Å². The molecule has 1 aromatic carbocycles. The summed E-state index contributed by atoms with van der Waals surface area (Å²) >= 11 is 2.40. The molecule has 0 radical (unpaired) electrons. The van der Waals surface area contributed by atoms with E-state index in [9.17, 15) is 14.0 Å². The van der Waals surface area contributed by atoms with E-state index in [4.69, 9.17) is 9.72 Å². The van der Waals surface area contributed by atoms with E-state index in [0.29, 0.717) is 11.5 Å². The lowest BCUT2D eigenvalue weighted by atomic mass is 9.98. The molecule has 0 spiro atoms. The Balaban J connectivity index is 1.15. The topological polar surface area (TPSA) is 97.3 Å². The van der Waals surface area contributed by atoms with Gasteiger partial charge >= 0.3 is 0 Å². The van der Waals surface area contributed by atoms with Crippen LogP contribution in [-0.2, 0) is 17.8 Å². The molecule has 3 aromatic rings. The van der Waals surface area contributed by atoms with Gasteiger partial charge < -0.3 is 9.64 Å². The molecule has 0 atom stereocenters. The van der Waals surface area contributed by atoms with E-state index in [0.717, 1.165) is 66.3 Å². The second-order valence-corrected chi connectivity index (χ2v) is 10.4. The van der Waals surface area contributed by atoms with Gasteiger partial charge in [-0.25, -0.2) is 19.3 Å². The molecule has 2 aliphatic heterocycles. The third-order valence-corrected chi connectivity index (χ3v) is 7.93. The number of hydrogen-bond donors (Lipinski definition) is 1. The van der Waals surface area contributed by atoms with E-state index in [1.807, 2.05) is 17.8 Å². The highest BCUT2D eigenvalue weighted by atomic mass is 32.2. The standard InChI is InChI=1S/C25H24FN5O3S2/c1-2-15-11-27-24(28-12-15)31-7-5-17(6-8-31)23-29-18(14-35-23)13-34-20-4-3-16(9-19(20)26)10-21-22(32)30-25(33)36-21/h3-4,9-12,14,17H,2,5-8,13H2,1H3,(H,30,32,33)/b21-10-. The van der Waals surface area contributed by atoms with Gasteiger partial charge in [0.1, 0.15) is 6.61 Å². The van der Waals surface area contributed by atoms with Gasteiger partial charge in [0.05, 0.1) is 15.6 Å². The second kappa shape index (κ2) is 10.8. The van der Waals surface area contributed by atoms with Crippen molar-refractivity contribution < 1.29 is 18.7 Å². The monoisotopic (exact) mass is 525 g/mol. The second-order valence-electron chi connectivity index (χ2n) is 8.51. The van der Waals surface area contributed by atoms with Crippen molar-refractivity contribution in [1.82, 2.24) is 20.3 Å². The number of aryl methyl sites for hydroxylation is 1. The van der Waals surface area contributed by atoms with Gasteiger partial charge in [-0.1, -0.05) is 13.0 Å². The number of aromatic nitrogens is 3. The molecule has 2 aliphatic rings. The first kappa shape index (κ1) is 24.4. The van der Waals surface area contributed by atoms with Crippen molar-refractivity contribution >= 4 is 46.3 Å². The van der Waals surface area contributed by atoms with Crippen LogP contribution >= 0.6 is 23.1 Å². The summed E-state index contributed by atoms with van der Waals surface area (Å²) in [6, 6.07) is 4.43. The first-order chi connectivity index (χ1) is 17.5. The number of imide groups is 1. The van der Waals surface area contributed by atoms with Gasteiger partial charge in [0.2, 0.25) is 5.95 Å². The van der Waals surface area contributed by atoms with Gasteiger partial charge in [-0.2, -0.15) is 0 Å². The molecule has 11 heteroatoms. The van der Waals surface area contributed by atoms with Crippen LogP contribution < -0.4 is 15.0 Å². The van der Waals surface area contributed by atoms with E-state index < -0.39 is 17.0 Å². The summed E-state index contributed by atoms with van der Waals surface area (Å²) in [4.78, 5) is 39.1. The van der Waals surface area contributed by atoms with Crippen molar-refractivity contribution in [3.8, 4) is 5.75 Å². The molecule has 2 aromatic heterocycles. The fraction of sp³-hybridized carbons (Fsp3) is 0.320. The molecule has 2 saturated heterocycles. The summed E-state index contributed by atoms with van der Waals surface area (Å²) in [6.45, 7) is 4.01. The molecular formula is C25H24FN5O3S2. The van der Waals surface area contributed by atoms with Crippen molar-refractivity contribution in [1.29, 1.82) is 0 Å². The highest BCUT2D eigenvalue weighted by Crippen LogP contribution is 2.32. The van der Waals surface area contributed by atoms with Crippen LogP contribution in [0.25, 0.3) is 6.08 Å². The van der Waals surface area contributed by atoms with Gasteiger partial charge in [0.25, 0.3) is 11.1 Å². The molecule has 5 rings (SSSR count). The summed E-state index contributed by atoms with van der Waals surface area (Å²) in [7, 11) is 0. The molecule has 36 heavy (non-hydrogen) atoms. The molecule has 0 bridgehead atoms. The Morgan fingerprint density at radius 3 is 2.67 bits per heavy atom. The molecule has 8 nitrogen and oxygen atoms in total. The number of nitrogens with zero attached hydrogens (tertiary/aromatic N) is 4. The maximum absolute atomic E-state index is 14.6. The summed E-state index contributed by atoms with van der Waals surface area (Å²) in [5, 5.41) is 4.77. The zero-order valence-corrected chi connectivity index (χ0v) is 21.2. The molecule has 186 valence electrons. The minimum Gasteiger partial charge on any atom is -0.484 e. The minimum absolute atomic E-state index is 0.105. The van der Waals surface area contributed by atoms with Crippen LogP contribution in [0.5, 0.6) is 5.75 Å². The number of carbonyl (C=O) groups excluding carboxylic acids is 2. The minimum atomic E-state index is -0.545. The number of thioether (sulfide) groups is 1. The number of rotatable bonds is 7. The van der Waals surface area contributed by atoms with E-state index in [1.54, 1.807) is 17.4 Å². The van der Waals surface area contributed by atoms with Crippen LogP contribution in [0, 0.1) is 5.82 Å². The van der Waals surface area contributed by atoms with Crippen molar-refractivity contribution in [2.45, 2.75) is 38.7 Å². The summed E-state index contributed by atoms with van der Waals surface area (Å²) in [6.07, 6.45) is 8.13. The predicted octanol–water partition coefficient (Wildman–Crippen LogP) is 4.92. The lowest BCUT2D eigenvalue weighted by Gasteiger charge is -2.31. The maximum Gasteiger partial charge on any atom is 0.290 e. The quantitative estimate of drug-likeness (QED) is 0.434. The highest BCUT2D eigenvalue weighted by Gasteiger charge is 2.26. The Morgan fingerprint density at radius 2 is 2.00 bits per heavy atom. The first-order valence-corrected chi connectivity index (χ1v) is 13.4. The molecule has 4 heterocycles. The first-order valence-electron chi connectivity index (χ1n) is 11.7. The fourth-order valence-electron chi connectivity index (χ4n) is 4.04. The number of amides is 2. The van der Waals surface area contributed by atoms with Crippen LogP contribution in [0.3, 0.4) is 0 Å². The Labute approximate surface area is 216 Å². The Morgan fingerprint density at radius 1 is 1.22 bits per heavy atom. The number of piperidine rings is 1. The Hall–Kier alpha value is -3.31. The number of ether oxygens (including phenoxy) is 1. The molecule has 0 aliphatic carbocycles. The number of hydrogen-bond acceptors (Lipinski definition) is 9. The number of halogens is 1. The third-order valence-electron chi connectivity index (χ3n) is 6.07. The largest absolute Gasteiger partial charge is 0.484 e. The zero-order valence-electron chi connectivity index (χ0n) is 19.6. The van der Waals surface area contributed by atoms with Crippen LogP contribution in [-0.4, -0.2) is 39.2 Å². The van der Waals surface area contributed by atoms with Gasteiger partial charge in [-0.15, -0.1) is 11.3 Å². The molecule has 0 unspecified atom stereocenters. The molecule has 2 fully saturated rings. The SMILES string of the molecule is CCc1cnc(N2CCC(c3nc(COc4ccc(/C=C5\SC(=O)NC5=O)cc4F)cs3)CC2)nc1. The number of anilines is 1. The third kappa shape index (κ3) is 5.57. The maximum atomic E-state index is 14.6. The molecular weight excluding hydrogens is 501 g/mol. The number of benzene rings is 1. The lowest BCUT2D eigenvalue weighted by molar-refractivity contribution is -0.115. The predicted molar refractivity (Wildman–Crippen MR) is 138 cm³/mol. The molecule has 1 N–H and O–H groups in total. The zero-order chi connectivity index (χ0) is 25.1. The van der Waals surface area contributed by atoms with Gasteiger partial charge in [-0.3, -0.25) is 14.9 Å². The summed E-state index contributed by atoms with van der Waals surface area (Å²) < 4.78 is 20.2. The number of nitrogens with one attached hydrogen (secondary N) is 1. The molecule has 2 amide bonds. The van der Waals surface area contributed by atoms with E-state index in [1.165, 1.54) is 18.2 Å². The van der Waals surface area contributed by atoms with Gasteiger partial charge in [0, 0.05) is 36.8 Å². The van der Waals surface area contributed by atoms with Crippen molar-refractivity contribution in [2.24, 2.45) is 0 Å². The van der Waals surface area contributed by atoms with Gasteiger partial charge in [0.15, 0.2) is 11.6 Å². The average molecular weight is 526 g/mol. The average Bonchev–Trinajstić information content (AvgIpc) is 3.49. The van der Waals surface area contributed by atoms with Gasteiger partial charge in [-0.05, 0) is 60.4 Å². The highest BCUT2D eigenvalue weighted by molar-refractivity contribution is 8.18. The van der Waals surface area contributed by atoms with E-state index in [2.05, 4.69) is 27.1 Å². The Bertz CT molecular complexity index is 1300.